The van der Waals surface area contributed by atoms with Gasteiger partial charge in [-0.1, -0.05) is 0 Å². The van der Waals surface area contributed by atoms with Crippen LogP contribution in [0.3, 0.4) is 0 Å². The van der Waals surface area contributed by atoms with E-state index in [1.807, 2.05) is 27.7 Å². The fourth-order valence-electron chi connectivity index (χ4n) is 2.94. The van der Waals surface area contributed by atoms with Crippen molar-refractivity contribution < 1.29 is 23.7 Å². The van der Waals surface area contributed by atoms with E-state index in [0.29, 0.717) is 6.61 Å². The van der Waals surface area contributed by atoms with Crippen molar-refractivity contribution in [3.05, 3.63) is 0 Å². The monoisotopic (exact) mass is 259 g/mol. The lowest BCUT2D eigenvalue weighted by molar-refractivity contribution is -0.326. The van der Waals surface area contributed by atoms with Crippen LogP contribution < -0.4 is 5.73 Å². The van der Waals surface area contributed by atoms with Gasteiger partial charge in [0.05, 0.1) is 13.2 Å². The van der Waals surface area contributed by atoms with Gasteiger partial charge in [-0.3, -0.25) is 0 Å². The van der Waals surface area contributed by atoms with Crippen molar-refractivity contribution in [2.24, 2.45) is 5.73 Å². The second-order valence-corrected chi connectivity index (χ2v) is 6.01. The lowest BCUT2D eigenvalue weighted by Crippen LogP contribution is -2.51. The number of fused-ring (bicyclic) bond motifs is 3. The molecule has 0 saturated carbocycles. The molecule has 0 spiro atoms. The first-order valence-electron chi connectivity index (χ1n) is 6.35. The van der Waals surface area contributed by atoms with E-state index < -0.39 is 17.4 Å². The number of rotatable bonds is 1. The maximum absolute atomic E-state index is 5.93. The van der Waals surface area contributed by atoms with Crippen molar-refractivity contribution in [3.8, 4) is 0 Å². The molecule has 0 aromatic heterocycles. The van der Waals surface area contributed by atoms with Crippen LogP contribution in [-0.2, 0) is 23.7 Å². The van der Waals surface area contributed by atoms with E-state index >= 15 is 0 Å². The fourth-order valence-corrected chi connectivity index (χ4v) is 2.94. The van der Waals surface area contributed by atoms with E-state index in [2.05, 4.69) is 0 Å². The molecule has 6 nitrogen and oxygen atoms in total. The van der Waals surface area contributed by atoms with Crippen molar-refractivity contribution in [1.29, 1.82) is 0 Å². The molecular formula is C12H21NO5. The summed E-state index contributed by atoms with van der Waals surface area (Å²) in [7, 11) is 0. The molecule has 18 heavy (non-hydrogen) atoms. The van der Waals surface area contributed by atoms with Gasteiger partial charge in [0.25, 0.3) is 0 Å². The first-order valence-corrected chi connectivity index (χ1v) is 6.35. The summed E-state index contributed by atoms with van der Waals surface area (Å²) in [6, 6.07) is 0. The lowest BCUT2D eigenvalue weighted by Gasteiger charge is -2.38. The third-order valence-electron chi connectivity index (χ3n) is 3.58. The number of nitrogens with two attached hydrogens (primary N) is 1. The highest BCUT2D eigenvalue weighted by molar-refractivity contribution is 5.05. The van der Waals surface area contributed by atoms with E-state index in [0.717, 1.165) is 0 Å². The summed E-state index contributed by atoms with van der Waals surface area (Å²) >= 11 is 0. The third-order valence-corrected chi connectivity index (χ3v) is 3.58. The van der Waals surface area contributed by atoms with Gasteiger partial charge in [0.15, 0.2) is 11.6 Å². The zero-order chi connectivity index (χ0) is 13.2. The molecule has 3 rings (SSSR count). The van der Waals surface area contributed by atoms with Crippen LogP contribution in [0, 0.1) is 0 Å². The highest BCUT2D eigenvalue weighted by Crippen LogP contribution is 2.48. The number of ether oxygens (including phenoxy) is 5. The van der Waals surface area contributed by atoms with Gasteiger partial charge < -0.3 is 29.4 Å². The van der Waals surface area contributed by atoms with Crippen LogP contribution in [-0.4, -0.2) is 48.8 Å². The number of hydrogen-bond donors (Lipinski definition) is 1. The first-order chi connectivity index (χ1) is 8.27. The molecule has 0 amide bonds. The Morgan fingerprint density at radius 2 is 1.78 bits per heavy atom. The molecule has 2 N–H and O–H groups in total. The van der Waals surface area contributed by atoms with E-state index in [9.17, 15) is 0 Å². The van der Waals surface area contributed by atoms with Crippen molar-refractivity contribution in [1.82, 2.24) is 0 Å². The lowest BCUT2D eigenvalue weighted by atomic mass is 10.0. The molecule has 3 aliphatic heterocycles. The van der Waals surface area contributed by atoms with E-state index in [1.165, 1.54) is 0 Å². The average Bonchev–Trinajstić information content (AvgIpc) is 2.66. The van der Waals surface area contributed by atoms with Crippen LogP contribution in [0.5, 0.6) is 0 Å². The van der Waals surface area contributed by atoms with Gasteiger partial charge in [0.2, 0.25) is 5.79 Å². The van der Waals surface area contributed by atoms with E-state index in [-0.39, 0.29) is 24.9 Å². The largest absolute Gasteiger partial charge is 0.348 e. The highest BCUT2D eigenvalue weighted by atomic mass is 16.9. The van der Waals surface area contributed by atoms with Gasteiger partial charge in [-0.25, -0.2) is 0 Å². The molecule has 3 fully saturated rings. The van der Waals surface area contributed by atoms with Crippen LogP contribution >= 0.6 is 0 Å². The minimum absolute atomic E-state index is 0.192. The van der Waals surface area contributed by atoms with Gasteiger partial charge >= 0.3 is 0 Å². The van der Waals surface area contributed by atoms with Crippen molar-refractivity contribution in [2.45, 2.75) is 63.4 Å². The molecule has 0 aromatic rings. The molecule has 4 atom stereocenters. The van der Waals surface area contributed by atoms with Crippen LogP contribution in [0.1, 0.15) is 27.7 Å². The Morgan fingerprint density at radius 1 is 1.06 bits per heavy atom. The summed E-state index contributed by atoms with van der Waals surface area (Å²) in [6.45, 7) is 8.16. The predicted molar refractivity (Wildman–Crippen MR) is 61.6 cm³/mol. The van der Waals surface area contributed by atoms with Gasteiger partial charge in [0, 0.05) is 0 Å². The van der Waals surface area contributed by atoms with E-state index in [4.69, 9.17) is 29.4 Å². The second-order valence-electron chi connectivity index (χ2n) is 6.01. The topological polar surface area (TPSA) is 72.2 Å². The zero-order valence-corrected chi connectivity index (χ0v) is 11.3. The molecule has 104 valence electrons. The summed E-state index contributed by atoms with van der Waals surface area (Å²) in [4.78, 5) is 0. The van der Waals surface area contributed by atoms with Crippen LogP contribution in [0.25, 0.3) is 0 Å². The third kappa shape index (κ3) is 1.79. The van der Waals surface area contributed by atoms with Crippen LogP contribution in [0.2, 0.25) is 0 Å². The standard InChI is InChI=1S/C12H21NO5/c1-10(2)14-5-7-8(16-10)9-12(6-13,15-7)18-11(3,4)17-9/h7-9H,5-6,13H2,1-4H3. The van der Waals surface area contributed by atoms with Gasteiger partial charge in [-0.2, -0.15) is 0 Å². The van der Waals surface area contributed by atoms with Gasteiger partial charge in [-0.15, -0.1) is 0 Å². The minimum atomic E-state index is -0.914. The van der Waals surface area contributed by atoms with Crippen molar-refractivity contribution in [3.63, 3.8) is 0 Å². The maximum Gasteiger partial charge on any atom is 0.213 e. The van der Waals surface area contributed by atoms with Crippen molar-refractivity contribution in [2.75, 3.05) is 13.2 Å². The van der Waals surface area contributed by atoms with Crippen molar-refractivity contribution >= 4 is 0 Å². The van der Waals surface area contributed by atoms with E-state index in [1.54, 1.807) is 0 Å². The molecule has 3 heterocycles. The average molecular weight is 259 g/mol. The Labute approximate surface area is 107 Å². The first kappa shape index (κ1) is 12.8. The minimum Gasteiger partial charge on any atom is -0.348 e. The summed E-state index contributed by atoms with van der Waals surface area (Å²) in [5, 5.41) is 0. The highest BCUT2D eigenvalue weighted by Gasteiger charge is 2.66. The summed E-state index contributed by atoms with van der Waals surface area (Å²) in [5.41, 5.74) is 5.83. The Hall–Kier alpha value is -0.240. The Balaban J connectivity index is 1.88. The Kier molecular flexibility index (Phi) is 2.59. The molecule has 0 radical (unpaired) electrons. The summed E-state index contributed by atoms with van der Waals surface area (Å²) < 4.78 is 29.2. The summed E-state index contributed by atoms with van der Waals surface area (Å²) in [6.07, 6.45) is -0.715. The van der Waals surface area contributed by atoms with Gasteiger partial charge in [-0.05, 0) is 27.7 Å². The molecule has 4 unspecified atom stereocenters. The molecule has 0 bridgehead atoms. The molecule has 0 aromatic carbocycles. The van der Waals surface area contributed by atoms with Crippen LogP contribution in [0.4, 0.5) is 0 Å². The van der Waals surface area contributed by atoms with Gasteiger partial charge in [0.1, 0.15) is 18.3 Å². The molecular weight excluding hydrogens is 238 g/mol. The van der Waals surface area contributed by atoms with Crippen LogP contribution in [0.15, 0.2) is 0 Å². The summed E-state index contributed by atoms with van der Waals surface area (Å²) in [5.74, 6) is -2.26. The smallest absolute Gasteiger partial charge is 0.213 e. The number of hydrogen-bond acceptors (Lipinski definition) is 6. The Bertz CT molecular complexity index is 358. The molecule has 3 saturated heterocycles. The predicted octanol–water partition coefficient (Wildman–Crippen LogP) is 0.343. The Morgan fingerprint density at radius 3 is 2.44 bits per heavy atom. The molecule has 0 aliphatic carbocycles. The maximum atomic E-state index is 5.93. The quantitative estimate of drug-likeness (QED) is 0.732. The fraction of sp³-hybridized carbons (Fsp3) is 1.00. The normalized spacial score (nSPS) is 48.8. The second kappa shape index (κ2) is 3.65. The SMILES string of the molecule is CC1(C)OCC2OC3(CN)OC(C)(C)OC3C2O1. The zero-order valence-electron chi connectivity index (χ0n) is 11.3. The molecule has 3 aliphatic rings. The molecule has 6 heteroatoms.